The molecule has 1 rings (SSSR count). The summed E-state index contributed by atoms with van der Waals surface area (Å²) in [5.41, 5.74) is 6.00. The summed E-state index contributed by atoms with van der Waals surface area (Å²) >= 11 is 0. The van der Waals surface area contributed by atoms with Gasteiger partial charge in [-0.2, -0.15) is 0 Å². The Hall–Kier alpha value is -1.31. The molecule has 0 aliphatic rings. The molecule has 0 unspecified atom stereocenters. The molecule has 2 nitrogen and oxygen atoms in total. The van der Waals surface area contributed by atoms with Crippen molar-refractivity contribution >= 4 is 5.91 Å². The Morgan fingerprint density at radius 3 is 2.55 bits per heavy atom. The first kappa shape index (κ1) is 7.79. The largest absolute Gasteiger partial charge is 0.370 e. The number of benzene rings is 1. The molecule has 0 atom stereocenters. The van der Waals surface area contributed by atoms with Crippen LogP contribution in [0.25, 0.3) is 0 Å². The number of nitrogens with two attached hydrogens (primary N) is 1. The Bertz CT molecular complexity index is 231. The smallest absolute Gasteiger partial charge is 0.218 e. The number of carbonyl (C=O) groups is 1. The molecule has 0 fully saturated rings. The van der Waals surface area contributed by atoms with Gasteiger partial charge in [-0.25, -0.2) is 0 Å². The van der Waals surface area contributed by atoms with Gasteiger partial charge in [-0.05, 0) is 12.0 Å². The minimum absolute atomic E-state index is 0.297. The van der Waals surface area contributed by atoms with E-state index in [1.54, 1.807) is 0 Å². The van der Waals surface area contributed by atoms with Crippen LogP contribution < -0.4 is 5.73 Å². The first-order valence-corrected chi connectivity index (χ1v) is 3.45. The fraction of sp³-hybridized carbons (Fsp3) is 0.111. The minimum atomic E-state index is -0.297. The zero-order chi connectivity index (χ0) is 8.10. The van der Waals surface area contributed by atoms with E-state index in [-0.39, 0.29) is 5.91 Å². The SMILES string of the molecule is NC(=O)C[CH]c1ccccc1. The van der Waals surface area contributed by atoms with E-state index in [1.165, 1.54) is 0 Å². The molecule has 0 aliphatic heterocycles. The van der Waals surface area contributed by atoms with E-state index >= 15 is 0 Å². The van der Waals surface area contributed by atoms with Gasteiger partial charge in [0.2, 0.25) is 5.91 Å². The Kier molecular flexibility index (Phi) is 2.66. The maximum Gasteiger partial charge on any atom is 0.218 e. The van der Waals surface area contributed by atoms with Crippen LogP contribution in [-0.4, -0.2) is 5.91 Å². The normalized spacial score (nSPS) is 9.45. The van der Waals surface area contributed by atoms with Crippen molar-refractivity contribution in [2.45, 2.75) is 6.42 Å². The van der Waals surface area contributed by atoms with Gasteiger partial charge in [-0.1, -0.05) is 30.3 Å². The van der Waals surface area contributed by atoms with Crippen LogP contribution >= 0.6 is 0 Å². The second-order valence-electron chi connectivity index (χ2n) is 2.29. The van der Waals surface area contributed by atoms with E-state index in [0.717, 1.165) is 5.56 Å². The van der Waals surface area contributed by atoms with Crippen LogP contribution in [-0.2, 0) is 4.79 Å². The number of rotatable bonds is 3. The summed E-state index contributed by atoms with van der Waals surface area (Å²) in [4.78, 5) is 10.4. The van der Waals surface area contributed by atoms with Gasteiger partial charge in [0.1, 0.15) is 0 Å². The summed E-state index contributed by atoms with van der Waals surface area (Å²) in [6, 6.07) is 9.65. The third kappa shape index (κ3) is 2.85. The highest BCUT2D eigenvalue weighted by Crippen LogP contribution is 2.03. The maximum atomic E-state index is 10.4. The zero-order valence-corrected chi connectivity index (χ0v) is 6.16. The van der Waals surface area contributed by atoms with Crippen LogP contribution in [0.2, 0.25) is 0 Å². The first-order chi connectivity index (χ1) is 5.29. The Balaban J connectivity index is 2.45. The van der Waals surface area contributed by atoms with Crippen LogP contribution in [0, 0.1) is 6.42 Å². The van der Waals surface area contributed by atoms with Crippen LogP contribution in [0.5, 0.6) is 0 Å². The number of hydrogen-bond acceptors (Lipinski definition) is 1. The summed E-state index contributed by atoms with van der Waals surface area (Å²) < 4.78 is 0. The molecule has 0 saturated heterocycles. The predicted molar refractivity (Wildman–Crippen MR) is 43.7 cm³/mol. The van der Waals surface area contributed by atoms with Gasteiger partial charge in [-0.3, -0.25) is 4.79 Å². The fourth-order valence-electron chi connectivity index (χ4n) is 0.808. The zero-order valence-electron chi connectivity index (χ0n) is 6.16. The second kappa shape index (κ2) is 3.76. The molecule has 0 heterocycles. The lowest BCUT2D eigenvalue weighted by Crippen LogP contribution is -2.10. The lowest BCUT2D eigenvalue weighted by Gasteiger charge is -1.95. The van der Waals surface area contributed by atoms with Gasteiger partial charge in [0, 0.05) is 6.42 Å². The average Bonchev–Trinajstić information content (AvgIpc) is 2.03. The third-order valence-corrected chi connectivity index (χ3v) is 1.34. The van der Waals surface area contributed by atoms with Crippen LogP contribution in [0.4, 0.5) is 0 Å². The van der Waals surface area contributed by atoms with Crippen LogP contribution in [0.3, 0.4) is 0 Å². The molecule has 0 spiro atoms. The molecule has 2 heteroatoms. The van der Waals surface area contributed by atoms with E-state index in [4.69, 9.17) is 5.73 Å². The Morgan fingerprint density at radius 2 is 2.00 bits per heavy atom. The molecule has 57 valence electrons. The third-order valence-electron chi connectivity index (χ3n) is 1.34. The summed E-state index contributed by atoms with van der Waals surface area (Å²) in [6.45, 7) is 0. The fourth-order valence-corrected chi connectivity index (χ4v) is 0.808. The Labute approximate surface area is 66.0 Å². The molecule has 1 aromatic carbocycles. The second-order valence-corrected chi connectivity index (χ2v) is 2.29. The lowest BCUT2D eigenvalue weighted by atomic mass is 10.1. The summed E-state index contributed by atoms with van der Waals surface area (Å²) in [5, 5.41) is 0. The summed E-state index contributed by atoms with van der Waals surface area (Å²) in [5.74, 6) is -0.297. The topological polar surface area (TPSA) is 43.1 Å². The molecule has 0 bridgehead atoms. The van der Waals surface area contributed by atoms with E-state index in [2.05, 4.69) is 0 Å². The van der Waals surface area contributed by atoms with Gasteiger partial charge in [0.25, 0.3) is 0 Å². The molecule has 2 N–H and O–H groups in total. The maximum absolute atomic E-state index is 10.4. The standard InChI is InChI=1S/C9H10NO/c10-9(11)7-6-8-4-2-1-3-5-8/h1-6H,7H2,(H2,10,11). The number of carbonyl (C=O) groups excluding carboxylic acids is 1. The van der Waals surface area contributed by atoms with Gasteiger partial charge in [0.15, 0.2) is 0 Å². The van der Waals surface area contributed by atoms with Crippen molar-refractivity contribution in [3.8, 4) is 0 Å². The van der Waals surface area contributed by atoms with Gasteiger partial charge >= 0.3 is 0 Å². The molecule has 11 heavy (non-hydrogen) atoms. The van der Waals surface area contributed by atoms with E-state index in [1.807, 2.05) is 36.8 Å². The Morgan fingerprint density at radius 1 is 1.36 bits per heavy atom. The molecule has 1 amide bonds. The first-order valence-electron chi connectivity index (χ1n) is 3.45. The van der Waals surface area contributed by atoms with Crippen molar-refractivity contribution in [1.82, 2.24) is 0 Å². The van der Waals surface area contributed by atoms with Gasteiger partial charge < -0.3 is 5.73 Å². The van der Waals surface area contributed by atoms with Gasteiger partial charge in [-0.15, -0.1) is 0 Å². The molecule has 0 aliphatic carbocycles. The monoisotopic (exact) mass is 148 g/mol. The highest BCUT2D eigenvalue weighted by molar-refractivity contribution is 5.75. The summed E-state index contributed by atoms with van der Waals surface area (Å²) in [7, 11) is 0. The van der Waals surface area contributed by atoms with Gasteiger partial charge in [0.05, 0.1) is 0 Å². The van der Waals surface area contributed by atoms with Crippen LogP contribution in [0.15, 0.2) is 30.3 Å². The quantitative estimate of drug-likeness (QED) is 0.685. The van der Waals surface area contributed by atoms with Crippen molar-refractivity contribution in [2.24, 2.45) is 5.73 Å². The summed E-state index contributed by atoms with van der Waals surface area (Å²) in [6.07, 6.45) is 2.12. The number of amides is 1. The predicted octanol–water partition coefficient (Wildman–Crippen LogP) is 1.11. The van der Waals surface area contributed by atoms with Crippen molar-refractivity contribution in [1.29, 1.82) is 0 Å². The highest BCUT2D eigenvalue weighted by Gasteiger charge is 1.95. The average molecular weight is 148 g/mol. The molecule has 1 aromatic rings. The number of primary amides is 1. The van der Waals surface area contributed by atoms with E-state index in [0.29, 0.717) is 6.42 Å². The van der Waals surface area contributed by atoms with E-state index in [9.17, 15) is 4.79 Å². The van der Waals surface area contributed by atoms with Crippen LogP contribution in [0.1, 0.15) is 12.0 Å². The van der Waals surface area contributed by atoms with Crippen molar-refractivity contribution in [2.75, 3.05) is 0 Å². The molecule has 1 radical (unpaired) electrons. The molecular formula is C9H10NO. The highest BCUT2D eigenvalue weighted by atomic mass is 16.1. The molecule has 0 aromatic heterocycles. The minimum Gasteiger partial charge on any atom is -0.370 e. The lowest BCUT2D eigenvalue weighted by molar-refractivity contribution is -0.117. The molecular weight excluding hydrogens is 138 g/mol. The van der Waals surface area contributed by atoms with Crippen molar-refractivity contribution < 1.29 is 4.79 Å². The number of hydrogen-bond donors (Lipinski definition) is 1. The van der Waals surface area contributed by atoms with Crippen molar-refractivity contribution in [3.63, 3.8) is 0 Å². The van der Waals surface area contributed by atoms with Crippen molar-refractivity contribution in [3.05, 3.63) is 42.3 Å². The van der Waals surface area contributed by atoms with E-state index < -0.39 is 0 Å². The molecule has 0 saturated carbocycles.